The monoisotopic (exact) mass is 192 g/mol. The highest BCUT2D eigenvalue weighted by Crippen LogP contribution is 1.98. The fourth-order valence-corrected chi connectivity index (χ4v) is 0.945. The van der Waals surface area contributed by atoms with Crippen molar-refractivity contribution in [2.24, 2.45) is 0 Å². The van der Waals surface area contributed by atoms with E-state index in [1.165, 1.54) is 0 Å². The van der Waals surface area contributed by atoms with Crippen LogP contribution in [0.25, 0.3) is 0 Å². The smallest absolute Gasteiger partial charge is 0.303 e. The lowest BCUT2D eigenvalue weighted by atomic mass is 10.2. The molecule has 0 spiro atoms. The minimum atomic E-state index is -0.749. The number of hydrogen-bond acceptors (Lipinski definition) is 1. The first-order valence-electron chi connectivity index (χ1n) is 4.88. The number of hydrogen-bond donors (Lipinski definition) is 1. The summed E-state index contributed by atoms with van der Waals surface area (Å²) in [5.74, 6) is 7.79. The molecule has 0 bridgehead atoms. The molecule has 0 radical (unpaired) electrons. The summed E-state index contributed by atoms with van der Waals surface area (Å²) in [6.45, 7) is 0. The first-order valence-corrected chi connectivity index (χ1v) is 4.88. The van der Waals surface area contributed by atoms with Gasteiger partial charge in [-0.3, -0.25) is 4.79 Å². The topological polar surface area (TPSA) is 37.3 Å². The quantitative estimate of drug-likeness (QED) is 0.518. The third kappa shape index (κ3) is 10.6. The maximum atomic E-state index is 10.1. The molecule has 0 amide bonds. The summed E-state index contributed by atoms with van der Waals surface area (Å²) < 4.78 is 0. The Hall–Kier alpha value is -1.41. The van der Waals surface area contributed by atoms with E-state index in [4.69, 9.17) is 11.5 Å². The second-order valence-corrected chi connectivity index (χ2v) is 3.01. The van der Waals surface area contributed by atoms with E-state index in [-0.39, 0.29) is 6.42 Å². The highest BCUT2D eigenvalue weighted by atomic mass is 16.4. The van der Waals surface area contributed by atoms with E-state index >= 15 is 0 Å². The molecule has 0 aliphatic carbocycles. The van der Waals surface area contributed by atoms with Crippen LogP contribution in [-0.4, -0.2) is 11.1 Å². The number of carboxylic acid groups (broad SMARTS) is 1. The van der Waals surface area contributed by atoms with Gasteiger partial charge in [-0.05, 0) is 19.3 Å². The lowest BCUT2D eigenvalue weighted by Crippen LogP contribution is -1.92. The number of aliphatic carboxylic acids is 1. The maximum absolute atomic E-state index is 10.1. The van der Waals surface area contributed by atoms with Gasteiger partial charge in [0.2, 0.25) is 0 Å². The second kappa shape index (κ2) is 9.68. The maximum Gasteiger partial charge on any atom is 0.303 e. The molecule has 0 aromatic carbocycles. The Morgan fingerprint density at radius 3 is 2.21 bits per heavy atom. The summed E-state index contributed by atoms with van der Waals surface area (Å²) in [5.41, 5.74) is 0. The molecular formula is C12H16O2. The van der Waals surface area contributed by atoms with Gasteiger partial charge in [0, 0.05) is 25.7 Å². The van der Waals surface area contributed by atoms with Crippen LogP contribution in [0.3, 0.4) is 0 Å². The molecule has 0 aliphatic rings. The number of rotatable bonds is 6. The van der Waals surface area contributed by atoms with Gasteiger partial charge in [0.25, 0.3) is 0 Å². The van der Waals surface area contributed by atoms with Gasteiger partial charge in [-0.1, -0.05) is 0 Å². The summed E-state index contributed by atoms with van der Waals surface area (Å²) >= 11 is 0. The molecule has 0 aromatic heterocycles. The molecule has 0 heterocycles. The predicted octanol–water partition coefficient (Wildman–Crippen LogP) is 2.44. The molecule has 0 unspecified atom stereocenters. The zero-order valence-corrected chi connectivity index (χ0v) is 8.38. The third-order valence-corrected chi connectivity index (χ3v) is 1.69. The summed E-state index contributed by atoms with van der Waals surface area (Å²) in [5, 5.41) is 8.35. The Kier molecular flexibility index (Phi) is 8.70. The molecule has 76 valence electrons. The SMILES string of the molecule is C#CCCCCC#CCCCC(=O)O. The molecule has 2 nitrogen and oxygen atoms in total. The van der Waals surface area contributed by atoms with Crippen LogP contribution >= 0.6 is 0 Å². The van der Waals surface area contributed by atoms with E-state index in [1.807, 2.05) is 0 Å². The van der Waals surface area contributed by atoms with Gasteiger partial charge in [0.15, 0.2) is 0 Å². The van der Waals surface area contributed by atoms with E-state index in [0.717, 1.165) is 25.7 Å². The van der Waals surface area contributed by atoms with Crippen molar-refractivity contribution < 1.29 is 9.90 Å². The molecule has 0 aliphatic heterocycles. The summed E-state index contributed by atoms with van der Waals surface area (Å²) in [7, 11) is 0. The third-order valence-electron chi connectivity index (χ3n) is 1.69. The van der Waals surface area contributed by atoms with E-state index in [2.05, 4.69) is 17.8 Å². The summed E-state index contributed by atoms with van der Waals surface area (Å²) in [6.07, 6.45) is 10.4. The Bertz CT molecular complexity index is 250. The average molecular weight is 192 g/mol. The van der Waals surface area contributed by atoms with Crippen LogP contribution in [0.1, 0.15) is 44.9 Å². The number of terminal acetylenes is 1. The van der Waals surface area contributed by atoms with Crippen LogP contribution in [0, 0.1) is 24.2 Å². The van der Waals surface area contributed by atoms with Crippen molar-refractivity contribution in [1.29, 1.82) is 0 Å². The first kappa shape index (κ1) is 12.6. The van der Waals surface area contributed by atoms with Crippen LogP contribution in [0.15, 0.2) is 0 Å². The highest BCUT2D eigenvalue weighted by Gasteiger charge is 1.92. The van der Waals surface area contributed by atoms with E-state index in [9.17, 15) is 4.79 Å². The summed E-state index contributed by atoms with van der Waals surface area (Å²) in [6, 6.07) is 0. The molecule has 0 atom stereocenters. The minimum Gasteiger partial charge on any atom is -0.481 e. The van der Waals surface area contributed by atoms with Gasteiger partial charge in [-0.2, -0.15) is 0 Å². The van der Waals surface area contributed by atoms with Crippen LogP contribution in [-0.2, 0) is 4.79 Å². The fraction of sp³-hybridized carbons (Fsp3) is 0.583. The molecule has 0 fully saturated rings. The molecule has 0 aromatic rings. The van der Waals surface area contributed by atoms with Crippen LogP contribution in [0.5, 0.6) is 0 Å². The minimum absolute atomic E-state index is 0.214. The van der Waals surface area contributed by atoms with Crippen LogP contribution < -0.4 is 0 Å². The number of unbranched alkanes of at least 4 members (excludes halogenated alkanes) is 4. The van der Waals surface area contributed by atoms with Crippen molar-refractivity contribution in [3.8, 4) is 24.2 Å². The van der Waals surface area contributed by atoms with Crippen molar-refractivity contribution in [2.75, 3.05) is 0 Å². The fourth-order valence-electron chi connectivity index (χ4n) is 0.945. The van der Waals surface area contributed by atoms with Crippen molar-refractivity contribution >= 4 is 5.97 Å². The Balaban J connectivity index is 3.19. The lowest BCUT2D eigenvalue weighted by molar-refractivity contribution is -0.137. The zero-order chi connectivity index (χ0) is 10.6. The van der Waals surface area contributed by atoms with Crippen LogP contribution in [0.2, 0.25) is 0 Å². The normalized spacial score (nSPS) is 8.50. The second-order valence-electron chi connectivity index (χ2n) is 3.01. The van der Waals surface area contributed by atoms with E-state index < -0.39 is 5.97 Å². The predicted molar refractivity (Wildman–Crippen MR) is 56.6 cm³/mol. The first-order chi connectivity index (χ1) is 6.77. The van der Waals surface area contributed by atoms with E-state index in [1.54, 1.807) is 0 Å². The zero-order valence-electron chi connectivity index (χ0n) is 8.38. The molecule has 14 heavy (non-hydrogen) atoms. The number of carbonyl (C=O) groups is 1. The molecular weight excluding hydrogens is 176 g/mol. The van der Waals surface area contributed by atoms with E-state index in [0.29, 0.717) is 12.8 Å². The molecule has 0 saturated heterocycles. The van der Waals surface area contributed by atoms with Crippen molar-refractivity contribution in [2.45, 2.75) is 44.9 Å². The molecule has 1 N–H and O–H groups in total. The van der Waals surface area contributed by atoms with Gasteiger partial charge in [-0.15, -0.1) is 24.2 Å². The summed E-state index contributed by atoms with van der Waals surface area (Å²) in [4.78, 5) is 10.1. The molecule has 0 rings (SSSR count). The van der Waals surface area contributed by atoms with Gasteiger partial charge in [0.1, 0.15) is 0 Å². The largest absolute Gasteiger partial charge is 0.481 e. The van der Waals surface area contributed by atoms with Gasteiger partial charge in [0.05, 0.1) is 0 Å². The standard InChI is InChI=1S/C12H16O2/c1-2-3-4-5-6-7-8-9-10-11-12(13)14/h1H,3-6,9-11H2,(H,13,14). The van der Waals surface area contributed by atoms with Crippen molar-refractivity contribution in [3.05, 3.63) is 0 Å². The Labute approximate surface area is 85.7 Å². The van der Waals surface area contributed by atoms with Crippen molar-refractivity contribution in [1.82, 2.24) is 0 Å². The lowest BCUT2D eigenvalue weighted by Gasteiger charge is -1.89. The molecule has 0 saturated carbocycles. The van der Waals surface area contributed by atoms with Crippen LogP contribution in [0.4, 0.5) is 0 Å². The van der Waals surface area contributed by atoms with Gasteiger partial charge in [-0.25, -0.2) is 0 Å². The van der Waals surface area contributed by atoms with Gasteiger partial charge >= 0.3 is 5.97 Å². The Morgan fingerprint density at radius 1 is 1.07 bits per heavy atom. The molecule has 2 heteroatoms. The Morgan fingerprint density at radius 2 is 1.64 bits per heavy atom. The highest BCUT2D eigenvalue weighted by molar-refractivity contribution is 5.66. The van der Waals surface area contributed by atoms with Gasteiger partial charge < -0.3 is 5.11 Å². The average Bonchev–Trinajstić information content (AvgIpc) is 2.15. The van der Waals surface area contributed by atoms with Crippen molar-refractivity contribution in [3.63, 3.8) is 0 Å². The number of carboxylic acids is 1.